The van der Waals surface area contributed by atoms with Crippen LogP contribution in [-0.2, 0) is 0 Å². The van der Waals surface area contributed by atoms with Crippen LogP contribution in [0.15, 0.2) is 47.2 Å². The van der Waals surface area contributed by atoms with Crippen molar-refractivity contribution in [2.24, 2.45) is 0 Å². The highest BCUT2D eigenvalue weighted by Gasteiger charge is 2.32. The van der Waals surface area contributed by atoms with Gasteiger partial charge in [0.2, 0.25) is 0 Å². The highest BCUT2D eigenvalue weighted by Crippen LogP contribution is 2.33. The average molecular weight is 346 g/mol. The summed E-state index contributed by atoms with van der Waals surface area (Å²) in [6, 6.07) is 6.94. The van der Waals surface area contributed by atoms with Gasteiger partial charge in [-0.15, -0.1) is 13.2 Å². The lowest BCUT2D eigenvalue weighted by atomic mass is 10.1. The van der Waals surface area contributed by atoms with Crippen LogP contribution in [0.25, 0.3) is 0 Å². The number of benzene rings is 1. The van der Waals surface area contributed by atoms with Crippen molar-refractivity contribution in [3.63, 3.8) is 0 Å². The molecular weight excluding hydrogens is 339 g/mol. The smallest absolute Gasteiger partial charge is 0.405 e. The summed E-state index contributed by atoms with van der Waals surface area (Å²) in [5, 5.41) is 0. The van der Waals surface area contributed by atoms with Crippen LogP contribution < -0.4 is 4.74 Å². The summed E-state index contributed by atoms with van der Waals surface area (Å²) in [4.78, 5) is 16.0. The summed E-state index contributed by atoms with van der Waals surface area (Å²) in [6.07, 6.45) is -1.99. The zero-order valence-corrected chi connectivity index (χ0v) is 11.4. The Hall–Kier alpha value is -1.89. The van der Waals surface area contributed by atoms with E-state index in [9.17, 15) is 18.0 Å². The van der Waals surface area contributed by atoms with E-state index in [1.807, 2.05) is 0 Å². The zero-order chi connectivity index (χ0) is 14.8. The Morgan fingerprint density at radius 1 is 1.20 bits per heavy atom. The second-order valence-electron chi connectivity index (χ2n) is 3.74. The van der Waals surface area contributed by atoms with Crippen LogP contribution in [0.1, 0.15) is 15.9 Å². The molecule has 2 rings (SSSR count). The molecular formula is C13H7BrF3NO2. The summed E-state index contributed by atoms with van der Waals surface area (Å²) >= 11 is 2.97. The van der Waals surface area contributed by atoms with Gasteiger partial charge in [0.1, 0.15) is 5.75 Å². The normalized spacial score (nSPS) is 11.2. The number of pyridine rings is 1. The van der Waals surface area contributed by atoms with Crippen molar-refractivity contribution in [1.82, 2.24) is 4.98 Å². The summed E-state index contributed by atoms with van der Waals surface area (Å²) in [5.41, 5.74) is 0.345. The molecule has 3 nitrogen and oxygen atoms in total. The Balaban J connectivity index is 2.39. The Morgan fingerprint density at radius 3 is 2.55 bits per heavy atom. The van der Waals surface area contributed by atoms with Crippen LogP contribution in [0.4, 0.5) is 13.2 Å². The third-order valence-electron chi connectivity index (χ3n) is 2.36. The summed E-state index contributed by atoms with van der Waals surface area (Å²) in [6.45, 7) is 0. The van der Waals surface area contributed by atoms with E-state index >= 15 is 0 Å². The first-order valence-corrected chi connectivity index (χ1v) is 6.17. The number of carbonyl (C=O) groups is 1. The number of ketones is 1. The molecule has 0 amide bonds. The molecule has 0 atom stereocenters. The lowest BCUT2D eigenvalue weighted by Gasteiger charge is -2.12. The van der Waals surface area contributed by atoms with Crippen LogP contribution in [0.2, 0.25) is 0 Å². The van der Waals surface area contributed by atoms with Gasteiger partial charge in [0.25, 0.3) is 0 Å². The van der Waals surface area contributed by atoms with Crippen LogP contribution in [-0.4, -0.2) is 17.1 Å². The Morgan fingerprint density at radius 2 is 1.95 bits per heavy atom. The van der Waals surface area contributed by atoms with Crippen LogP contribution in [0.3, 0.4) is 0 Å². The molecule has 0 bridgehead atoms. The summed E-state index contributed by atoms with van der Waals surface area (Å²) < 4.78 is 40.5. The largest absolute Gasteiger partial charge is 0.573 e. The summed E-state index contributed by atoms with van der Waals surface area (Å²) in [7, 11) is 0. The van der Waals surface area contributed by atoms with Gasteiger partial charge in [-0.3, -0.25) is 9.78 Å². The van der Waals surface area contributed by atoms with Crippen molar-refractivity contribution in [3.8, 4) is 5.75 Å². The molecule has 0 saturated carbocycles. The molecule has 0 unspecified atom stereocenters. The zero-order valence-electron chi connectivity index (χ0n) is 9.82. The Labute approximate surface area is 120 Å². The first-order valence-electron chi connectivity index (χ1n) is 5.37. The molecule has 1 aromatic heterocycles. The van der Waals surface area contributed by atoms with Crippen molar-refractivity contribution in [2.45, 2.75) is 6.36 Å². The van der Waals surface area contributed by atoms with E-state index in [4.69, 9.17) is 0 Å². The van der Waals surface area contributed by atoms with Gasteiger partial charge in [0.05, 0.1) is 4.47 Å². The fraction of sp³-hybridized carbons (Fsp3) is 0.0769. The Bertz CT molecular complexity index is 629. The maximum atomic E-state index is 12.2. The molecule has 0 aliphatic carbocycles. The van der Waals surface area contributed by atoms with Gasteiger partial charge < -0.3 is 4.74 Å². The minimum absolute atomic E-state index is 0.0498. The Kier molecular flexibility index (Phi) is 4.08. The van der Waals surface area contributed by atoms with E-state index in [1.54, 1.807) is 6.07 Å². The lowest BCUT2D eigenvalue weighted by Crippen LogP contribution is -2.18. The monoisotopic (exact) mass is 345 g/mol. The molecule has 20 heavy (non-hydrogen) atoms. The number of nitrogens with zero attached hydrogens (tertiary/aromatic N) is 1. The fourth-order valence-corrected chi connectivity index (χ4v) is 2.07. The number of hydrogen-bond acceptors (Lipinski definition) is 3. The maximum Gasteiger partial charge on any atom is 0.573 e. The van der Waals surface area contributed by atoms with Gasteiger partial charge in [-0.25, -0.2) is 0 Å². The number of hydrogen-bond donors (Lipinski definition) is 0. The van der Waals surface area contributed by atoms with Crippen LogP contribution in [0.5, 0.6) is 5.75 Å². The van der Waals surface area contributed by atoms with E-state index in [2.05, 4.69) is 25.7 Å². The molecule has 0 N–H and O–H groups in total. The molecule has 0 spiro atoms. The molecule has 104 valence electrons. The minimum Gasteiger partial charge on any atom is -0.405 e. The predicted molar refractivity (Wildman–Crippen MR) is 68.5 cm³/mol. The molecule has 1 heterocycles. The number of aromatic nitrogens is 1. The average Bonchev–Trinajstić information content (AvgIpc) is 2.40. The third-order valence-corrected chi connectivity index (χ3v) is 3.18. The first kappa shape index (κ1) is 14.5. The third kappa shape index (κ3) is 3.36. The highest BCUT2D eigenvalue weighted by molar-refractivity contribution is 9.10. The molecule has 2 aromatic rings. The number of rotatable bonds is 3. The van der Waals surface area contributed by atoms with Gasteiger partial charge in [-0.05, 0) is 40.2 Å². The predicted octanol–water partition coefficient (Wildman–Crippen LogP) is 3.97. The van der Waals surface area contributed by atoms with E-state index in [1.165, 1.54) is 30.6 Å². The number of ether oxygens (including phenoxy) is 1. The van der Waals surface area contributed by atoms with Crippen molar-refractivity contribution >= 4 is 21.7 Å². The van der Waals surface area contributed by atoms with E-state index < -0.39 is 17.9 Å². The maximum absolute atomic E-state index is 12.2. The number of halogens is 4. The second-order valence-corrected chi connectivity index (χ2v) is 4.53. The molecule has 0 aliphatic rings. The van der Waals surface area contributed by atoms with Crippen molar-refractivity contribution in [2.75, 3.05) is 0 Å². The van der Waals surface area contributed by atoms with Crippen LogP contribution in [0, 0.1) is 0 Å². The van der Waals surface area contributed by atoms with E-state index in [0.717, 1.165) is 6.07 Å². The minimum atomic E-state index is -4.82. The van der Waals surface area contributed by atoms with E-state index in [0.29, 0.717) is 0 Å². The van der Waals surface area contributed by atoms with Crippen LogP contribution >= 0.6 is 15.9 Å². The molecule has 0 saturated heterocycles. The summed E-state index contributed by atoms with van der Waals surface area (Å²) in [5.74, 6) is -0.912. The number of carbonyl (C=O) groups excluding carboxylic acids is 1. The topological polar surface area (TPSA) is 39.2 Å². The fourth-order valence-electron chi connectivity index (χ4n) is 1.54. The SMILES string of the molecule is O=C(c1cccnc1)c1cccc(OC(F)(F)F)c1Br. The van der Waals surface area contributed by atoms with Gasteiger partial charge in [-0.2, -0.15) is 0 Å². The van der Waals surface area contributed by atoms with Crippen molar-refractivity contribution < 1.29 is 22.7 Å². The molecule has 0 fully saturated rings. The second kappa shape index (κ2) is 5.62. The highest BCUT2D eigenvalue weighted by atomic mass is 79.9. The van der Waals surface area contributed by atoms with Gasteiger partial charge in [0.15, 0.2) is 5.78 Å². The molecule has 7 heteroatoms. The van der Waals surface area contributed by atoms with Gasteiger partial charge in [0, 0.05) is 23.5 Å². The first-order chi connectivity index (χ1) is 9.38. The lowest BCUT2D eigenvalue weighted by molar-refractivity contribution is -0.274. The van der Waals surface area contributed by atoms with Crippen molar-refractivity contribution in [1.29, 1.82) is 0 Å². The number of alkyl halides is 3. The van der Waals surface area contributed by atoms with Crippen molar-refractivity contribution in [3.05, 3.63) is 58.3 Å². The molecule has 0 radical (unpaired) electrons. The quantitative estimate of drug-likeness (QED) is 0.790. The molecule has 1 aromatic carbocycles. The van der Waals surface area contributed by atoms with Gasteiger partial charge in [-0.1, -0.05) is 6.07 Å². The molecule has 0 aliphatic heterocycles. The standard InChI is InChI=1S/C13H7BrF3NO2/c14-11-9(12(19)8-3-2-6-18-7-8)4-1-5-10(11)20-13(15,16)17/h1-7H. The van der Waals surface area contributed by atoms with E-state index in [-0.39, 0.29) is 15.6 Å². The van der Waals surface area contributed by atoms with Gasteiger partial charge >= 0.3 is 6.36 Å².